The minimum atomic E-state index is 0. The van der Waals surface area contributed by atoms with Crippen molar-refractivity contribution in [1.82, 2.24) is 0 Å². The first-order valence-electron chi connectivity index (χ1n) is 4.02. The Kier molecular flexibility index (Phi) is 105. The maximum Gasteiger partial charge on any atom is 0.0584 e. The first-order chi connectivity index (χ1) is 4.83. The Bertz CT molecular complexity index is 23.5. The third-order valence-corrected chi connectivity index (χ3v) is 0.322. The monoisotopic (exact) mass is 165 g/mol. The standard InChI is InChI=1S/C3H9NO.C3H8.C2H6.CH4/c1-5-3-2-4;1-3-2;1-2;/h2-4H2,1H3;3H2,1-2H3;1-2H3;1H4. The van der Waals surface area contributed by atoms with Gasteiger partial charge >= 0.3 is 0 Å². The smallest absolute Gasteiger partial charge is 0.0584 e. The summed E-state index contributed by atoms with van der Waals surface area (Å²) in [4.78, 5) is 0. The highest BCUT2D eigenvalue weighted by Crippen LogP contribution is 1.56. The lowest BCUT2D eigenvalue weighted by molar-refractivity contribution is 0.207. The van der Waals surface area contributed by atoms with E-state index in [1.54, 1.807) is 7.11 Å². The van der Waals surface area contributed by atoms with Crippen molar-refractivity contribution in [3.05, 3.63) is 0 Å². The van der Waals surface area contributed by atoms with Gasteiger partial charge in [-0.05, 0) is 0 Å². The van der Waals surface area contributed by atoms with Crippen molar-refractivity contribution in [2.24, 2.45) is 5.73 Å². The number of ether oxygens (including phenoxy) is 1. The molecule has 2 N–H and O–H groups in total. The largest absolute Gasteiger partial charge is 0.383 e. The van der Waals surface area contributed by atoms with Gasteiger partial charge in [-0.1, -0.05) is 41.5 Å². The molecule has 0 saturated carbocycles. The van der Waals surface area contributed by atoms with Crippen molar-refractivity contribution in [2.45, 2.75) is 41.5 Å². The quantitative estimate of drug-likeness (QED) is 0.682. The summed E-state index contributed by atoms with van der Waals surface area (Å²) in [6.07, 6.45) is 1.25. The van der Waals surface area contributed by atoms with Gasteiger partial charge in [0.2, 0.25) is 0 Å². The average molecular weight is 165 g/mol. The SMILES string of the molecule is C.CC.CCC.COCCN. The van der Waals surface area contributed by atoms with Gasteiger partial charge < -0.3 is 10.5 Å². The van der Waals surface area contributed by atoms with E-state index >= 15 is 0 Å². The van der Waals surface area contributed by atoms with Crippen LogP contribution in [0.1, 0.15) is 41.5 Å². The topological polar surface area (TPSA) is 35.2 Å². The summed E-state index contributed by atoms with van der Waals surface area (Å²) in [7, 11) is 1.63. The Morgan fingerprint density at radius 1 is 1.18 bits per heavy atom. The highest BCUT2D eigenvalue weighted by molar-refractivity contribution is 4.22. The molecule has 2 nitrogen and oxygen atoms in total. The summed E-state index contributed by atoms with van der Waals surface area (Å²) in [5.74, 6) is 0. The van der Waals surface area contributed by atoms with Crippen LogP contribution in [-0.4, -0.2) is 20.3 Å². The molecule has 0 aromatic carbocycles. The van der Waals surface area contributed by atoms with Gasteiger partial charge in [0, 0.05) is 13.7 Å². The zero-order valence-corrected chi connectivity index (χ0v) is 8.11. The van der Waals surface area contributed by atoms with Crippen LogP contribution in [0.5, 0.6) is 0 Å². The van der Waals surface area contributed by atoms with Crippen LogP contribution in [0.15, 0.2) is 0 Å². The molecule has 11 heavy (non-hydrogen) atoms. The molecule has 74 valence electrons. The molecule has 0 amide bonds. The van der Waals surface area contributed by atoms with Crippen molar-refractivity contribution >= 4 is 0 Å². The highest BCUT2D eigenvalue weighted by atomic mass is 16.5. The average Bonchev–Trinajstić information content (AvgIpc) is 1.96. The first kappa shape index (κ1) is 22.4. The zero-order valence-electron chi connectivity index (χ0n) is 8.11. The summed E-state index contributed by atoms with van der Waals surface area (Å²) in [5, 5.41) is 0. The van der Waals surface area contributed by atoms with E-state index in [9.17, 15) is 0 Å². The Hall–Kier alpha value is -0.0800. The fraction of sp³-hybridized carbons (Fsp3) is 1.00. The molecule has 0 fully saturated rings. The summed E-state index contributed by atoms with van der Waals surface area (Å²) < 4.78 is 4.57. The van der Waals surface area contributed by atoms with Gasteiger partial charge in [0.15, 0.2) is 0 Å². The number of rotatable bonds is 2. The van der Waals surface area contributed by atoms with Crippen molar-refractivity contribution in [3.8, 4) is 0 Å². The summed E-state index contributed by atoms with van der Waals surface area (Å²) in [6, 6.07) is 0. The van der Waals surface area contributed by atoms with Crippen LogP contribution >= 0.6 is 0 Å². The zero-order chi connectivity index (χ0) is 8.83. The lowest BCUT2D eigenvalue weighted by atomic mass is 10.6. The Morgan fingerprint density at radius 3 is 1.45 bits per heavy atom. The number of nitrogens with two attached hydrogens (primary N) is 1. The van der Waals surface area contributed by atoms with E-state index in [1.807, 2.05) is 13.8 Å². The summed E-state index contributed by atoms with van der Waals surface area (Å²) in [5.41, 5.74) is 5.01. The lowest BCUT2D eigenvalue weighted by Crippen LogP contribution is -2.05. The van der Waals surface area contributed by atoms with Gasteiger partial charge in [0.25, 0.3) is 0 Å². The molecule has 0 atom stereocenters. The van der Waals surface area contributed by atoms with Crippen molar-refractivity contribution in [3.63, 3.8) is 0 Å². The van der Waals surface area contributed by atoms with E-state index in [2.05, 4.69) is 18.6 Å². The number of hydrogen-bond donors (Lipinski definition) is 1. The van der Waals surface area contributed by atoms with E-state index in [4.69, 9.17) is 5.73 Å². The minimum Gasteiger partial charge on any atom is -0.383 e. The molecule has 0 aromatic heterocycles. The molecule has 0 heterocycles. The third kappa shape index (κ3) is 169. The maximum atomic E-state index is 5.01. The Balaban J connectivity index is -0.0000000360. The molecule has 0 unspecified atom stereocenters. The second kappa shape index (κ2) is 51.4. The van der Waals surface area contributed by atoms with Crippen LogP contribution in [0, 0.1) is 0 Å². The molecule has 2 heteroatoms. The Labute approximate surface area is 73.1 Å². The summed E-state index contributed by atoms with van der Waals surface area (Å²) >= 11 is 0. The highest BCUT2D eigenvalue weighted by Gasteiger charge is 1.65. The molecular weight excluding hydrogens is 138 g/mol. The maximum absolute atomic E-state index is 5.01. The molecule has 0 aliphatic rings. The van der Waals surface area contributed by atoms with Gasteiger partial charge in [-0.3, -0.25) is 0 Å². The molecule has 0 radical (unpaired) electrons. The number of methoxy groups -OCH3 is 1. The molecular formula is C9H27NO. The molecule has 0 spiro atoms. The first-order valence-corrected chi connectivity index (χ1v) is 4.02. The predicted molar refractivity (Wildman–Crippen MR) is 55.0 cm³/mol. The van der Waals surface area contributed by atoms with E-state index in [-0.39, 0.29) is 7.43 Å². The van der Waals surface area contributed by atoms with E-state index in [0.717, 1.165) is 0 Å². The molecule has 0 rings (SSSR count). The van der Waals surface area contributed by atoms with Gasteiger partial charge in [0.05, 0.1) is 6.61 Å². The van der Waals surface area contributed by atoms with Crippen LogP contribution in [0.2, 0.25) is 0 Å². The van der Waals surface area contributed by atoms with E-state index in [1.165, 1.54) is 6.42 Å². The van der Waals surface area contributed by atoms with Crippen LogP contribution in [-0.2, 0) is 4.74 Å². The van der Waals surface area contributed by atoms with Gasteiger partial charge in [-0.15, -0.1) is 0 Å². The van der Waals surface area contributed by atoms with Crippen molar-refractivity contribution < 1.29 is 4.74 Å². The molecule has 0 aliphatic heterocycles. The van der Waals surface area contributed by atoms with Crippen LogP contribution in [0.25, 0.3) is 0 Å². The predicted octanol–water partition coefficient (Wildman–Crippen LogP) is 2.67. The fourth-order valence-corrected chi connectivity index (χ4v) is 0.118. The van der Waals surface area contributed by atoms with Gasteiger partial charge in [-0.2, -0.15) is 0 Å². The molecule has 0 aromatic rings. The summed E-state index contributed by atoms with van der Waals surface area (Å²) in [6.45, 7) is 9.54. The van der Waals surface area contributed by atoms with Crippen LogP contribution < -0.4 is 5.73 Å². The minimum absolute atomic E-state index is 0. The van der Waals surface area contributed by atoms with E-state index in [0.29, 0.717) is 13.2 Å². The van der Waals surface area contributed by atoms with Crippen LogP contribution in [0.3, 0.4) is 0 Å². The fourth-order valence-electron chi connectivity index (χ4n) is 0.118. The van der Waals surface area contributed by atoms with Gasteiger partial charge in [0.1, 0.15) is 0 Å². The van der Waals surface area contributed by atoms with Crippen molar-refractivity contribution in [1.29, 1.82) is 0 Å². The Morgan fingerprint density at radius 2 is 1.45 bits per heavy atom. The third-order valence-electron chi connectivity index (χ3n) is 0.322. The van der Waals surface area contributed by atoms with Crippen LogP contribution in [0.4, 0.5) is 0 Å². The molecule has 0 aliphatic carbocycles. The van der Waals surface area contributed by atoms with Gasteiger partial charge in [-0.25, -0.2) is 0 Å². The lowest BCUT2D eigenvalue weighted by Gasteiger charge is -1.85. The second-order valence-electron chi connectivity index (χ2n) is 1.49. The second-order valence-corrected chi connectivity index (χ2v) is 1.49. The normalized spacial score (nSPS) is 6.00. The molecule has 0 bridgehead atoms. The molecule has 0 saturated heterocycles. The van der Waals surface area contributed by atoms with E-state index < -0.39 is 0 Å². The number of hydrogen-bond acceptors (Lipinski definition) is 2. The van der Waals surface area contributed by atoms with Crippen molar-refractivity contribution in [2.75, 3.05) is 20.3 Å².